The van der Waals surface area contributed by atoms with E-state index in [1.807, 2.05) is 0 Å². The van der Waals surface area contributed by atoms with Gasteiger partial charge >= 0.3 is 0 Å². The zero-order chi connectivity index (χ0) is 11.7. The number of nitrogens with zero attached hydrogens (tertiary/aromatic N) is 1. The summed E-state index contributed by atoms with van der Waals surface area (Å²) in [4.78, 5) is 2.65. The molecule has 0 radical (unpaired) electrons. The Kier molecular flexibility index (Phi) is 3.06. The Morgan fingerprint density at radius 3 is 2.94 bits per heavy atom. The van der Waals surface area contributed by atoms with Gasteiger partial charge in [-0.15, -0.1) is 0 Å². The van der Waals surface area contributed by atoms with Gasteiger partial charge in [0.2, 0.25) is 0 Å². The van der Waals surface area contributed by atoms with Gasteiger partial charge in [0, 0.05) is 30.9 Å². The summed E-state index contributed by atoms with van der Waals surface area (Å²) in [7, 11) is 0. The molecule has 0 spiro atoms. The second kappa shape index (κ2) is 4.69. The summed E-state index contributed by atoms with van der Waals surface area (Å²) in [6.45, 7) is 4.74. The summed E-state index contributed by atoms with van der Waals surface area (Å²) in [5.41, 5.74) is 2.72. The van der Waals surface area contributed by atoms with Gasteiger partial charge in [0.1, 0.15) is 0 Å². The van der Waals surface area contributed by atoms with Crippen molar-refractivity contribution < 1.29 is 0 Å². The van der Waals surface area contributed by atoms with Crippen molar-refractivity contribution in [3.8, 4) is 0 Å². The van der Waals surface area contributed by atoms with E-state index in [1.165, 1.54) is 43.6 Å². The minimum absolute atomic E-state index is 0.655. The average molecular weight is 230 g/mol. The van der Waals surface area contributed by atoms with Crippen molar-refractivity contribution in [2.45, 2.75) is 44.7 Å². The number of hydrogen-bond acceptors (Lipinski definition) is 2. The van der Waals surface area contributed by atoms with Gasteiger partial charge in [-0.25, -0.2) is 0 Å². The summed E-state index contributed by atoms with van der Waals surface area (Å²) < 4.78 is 0. The molecule has 0 bridgehead atoms. The molecule has 0 aromatic heterocycles. The van der Waals surface area contributed by atoms with Crippen LogP contribution in [0.1, 0.15) is 31.7 Å². The Bertz CT molecular complexity index is 384. The van der Waals surface area contributed by atoms with Crippen LogP contribution >= 0.6 is 0 Å². The van der Waals surface area contributed by atoms with Gasteiger partial charge in [-0.2, -0.15) is 0 Å². The molecule has 2 heteroatoms. The SMILES string of the molecule is CCc1cccc(NC2CCN(C3CC3)C2)c1. The van der Waals surface area contributed by atoms with Gasteiger partial charge < -0.3 is 5.32 Å². The first-order valence-corrected chi connectivity index (χ1v) is 6.94. The van der Waals surface area contributed by atoms with E-state index in [0.717, 1.165) is 12.5 Å². The van der Waals surface area contributed by atoms with Gasteiger partial charge in [-0.1, -0.05) is 19.1 Å². The zero-order valence-corrected chi connectivity index (χ0v) is 10.7. The van der Waals surface area contributed by atoms with Crippen LogP contribution in [0.25, 0.3) is 0 Å². The van der Waals surface area contributed by atoms with Crippen LogP contribution in [0.15, 0.2) is 24.3 Å². The standard InChI is InChI=1S/C15H22N2/c1-2-12-4-3-5-13(10-12)16-14-8-9-17(11-14)15-6-7-15/h3-5,10,14-16H,2,6-9,11H2,1H3. The third-order valence-corrected chi connectivity index (χ3v) is 3.99. The summed E-state index contributed by atoms with van der Waals surface area (Å²) in [6, 6.07) is 10.4. The molecule has 1 saturated carbocycles. The first-order valence-electron chi connectivity index (χ1n) is 6.94. The van der Waals surface area contributed by atoms with Crippen LogP contribution in [0.2, 0.25) is 0 Å². The van der Waals surface area contributed by atoms with E-state index in [2.05, 4.69) is 41.4 Å². The van der Waals surface area contributed by atoms with Crippen molar-refractivity contribution in [3.05, 3.63) is 29.8 Å². The molecular weight excluding hydrogens is 208 g/mol. The minimum atomic E-state index is 0.655. The van der Waals surface area contributed by atoms with Crippen molar-refractivity contribution in [1.29, 1.82) is 0 Å². The number of anilines is 1. The van der Waals surface area contributed by atoms with Crippen molar-refractivity contribution in [2.24, 2.45) is 0 Å². The van der Waals surface area contributed by atoms with Crippen LogP contribution in [-0.2, 0) is 6.42 Å². The Hall–Kier alpha value is -1.02. The van der Waals surface area contributed by atoms with E-state index >= 15 is 0 Å². The first-order chi connectivity index (χ1) is 8.35. The van der Waals surface area contributed by atoms with Gasteiger partial charge in [0.15, 0.2) is 0 Å². The molecule has 1 atom stereocenters. The number of hydrogen-bond donors (Lipinski definition) is 1. The highest BCUT2D eigenvalue weighted by Crippen LogP contribution is 2.30. The molecule has 3 rings (SSSR count). The molecule has 17 heavy (non-hydrogen) atoms. The van der Waals surface area contributed by atoms with Crippen LogP contribution in [0, 0.1) is 0 Å². The van der Waals surface area contributed by atoms with Gasteiger partial charge in [-0.3, -0.25) is 4.90 Å². The maximum Gasteiger partial charge on any atom is 0.0400 e. The van der Waals surface area contributed by atoms with Crippen LogP contribution in [-0.4, -0.2) is 30.1 Å². The lowest BCUT2D eigenvalue weighted by Gasteiger charge is -2.17. The summed E-state index contributed by atoms with van der Waals surface area (Å²) in [5.74, 6) is 0. The fourth-order valence-electron chi connectivity index (χ4n) is 2.79. The largest absolute Gasteiger partial charge is 0.381 e. The van der Waals surface area contributed by atoms with Crippen molar-refractivity contribution in [1.82, 2.24) is 4.90 Å². The van der Waals surface area contributed by atoms with Gasteiger partial charge in [-0.05, 0) is 43.4 Å². The number of nitrogens with one attached hydrogen (secondary N) is 1. The second-order valence-electron chi connectivity index (χ2n) is 5.41. The van der Waals surface area contributed by atoms with Crippen LogP contribution in [0.3, 0.4) is 0 Å². The van der Waals surface area contributed by atoms with E-state index in [4.69, 9.17) is 0 Å². The number of benzene rings is 1. The normalized spacial score (nSPS) is 25.1. The molecule has 1 aliphatic carbocycles. The highest BCUT2D eigenvalue weighted by molar-refractivity contribution is 5.46. The van der Waals surface area contributed by atoms with E-state index < -0.39 is 0 Å². The Balaban J connectivity index is 1.59. The van der Waals surface area contributed by atoms with Gasteiger partial charge in [0.05, 0.1) is 0 Å². The third kappa shape index (κ3) is 2.63. The van der Waals surface area contributed by atoms with E-state index in [0.29, 0.717) is 6.04 Å². The number of rotatable bonds is 4. The monoisotopic (exact) mass is 230 g/mol. The molecule has 92 valence electrons. The third-order valence-electron chi connectivity index (χ3n) is 3.99. The molecule has 1 aromatic rings. The number of aryl methyl sites for hydroxylation is 1. The quantitative estimate of drug-likeness (QED) is 0.855. The smallest absolute Gasteiger partial charge is 0.0400 e. The Labute approximate surface area is 104 Å². The molecule has 0 amide bonds. The Morgan fingerprint density at radius 2 is 2.18 bits per heavy atom. The molecule has 1 aliphatic heterocycles. The lowest BCUT2D eigenvalue weighted by Crippen LogP contribution is -2.27. The predicted molar refractivity (Wildman–Crippen MR) is 72.4 cm³/mol. The van der Waals surface area contributed by atoms with Crippen LogP contribution < -0.4 is 5.32 Å². The topological polar surface area (TPSA) is 15.3 Å². The summed E-state index contributed by atoms with van der Waals surface area (Å²) in [6.07, 6.45) is 5.28. The highest BCUT2D eigenvalue weighted by atomic mass is 15.2. The molecule has 1 saturated heterocycles. The molecule has 1 aromatic carbocycles. The fraction of sp³-hybridized carbons (Fsp3) is 0.600. The van der Waals surface area contributed by atoms with Crippen molar-refractivity contribution in [3.63, 3.8) is 0 Å². The number of likely N-dealkylation sites (tertiary alicyclic amines) is 1. The van der Waals surface area contributed by atoms with E-state index in [9.17, 15) is 0 Å². The predicted octanol–water partition coefficient (Wildman–Crippen LogP) is 2.90. The van der Waals surface area contributed by atoms with Crippen LogP contribution in [0.5, 0.6) is 0 Å². The fourth-order valence-corrected chi connectivity index (χ4v) is 2.79. The van der Waals surface area contributed by atoms with Gasteiger partial charge in [0.25, 0.3) is 0 Å². The highest BCUT2D eigenvalue weighted by Gasteiger charge is 2.34. The summed E-state index contributed by atoms with van der Waals surface area (Å²) in [5, 5.41) is 3.69. The molecule has 2 fully saturated rings. The molecule has 1 N–H and O–H groups in total. The van der Waals surface area contributed by atoms with E-state index in [1.54, 1.807) is 0 Å². The summed E-state index contributed by atoms with van der Waals surface area (Å²) >= 11 is 0. The second-order valence-corrected chi connectivity index (χ2v) is 5.41. The lowest BCUT2D eigenvalue weighted by atomic mass is 10.1. The Morgan fingerprint density at radius 1 is 1.29 bits per heavy atom. The minimum Gasteiger partial charge on any atom is -0.381 e. The van der Waals surface area contributed by atoms with Crippen molar-refractivity contribution in [2.75, 3.05) is 18.4 Å². The van der Waals surface area contributed by atoms with E-state index in [-0.39, 0.29) is 0 Å². The molecule has 2 nitrogen and oxygen atoms in total. The molecule has 2 aliphatic rings. The lowest BCUT2D eigenvalue weighted by molar-refractivity contribution is 0.326. The molecule has 1 unspecified atom stereocenters. The van der Waals surface area contributed by atoms with Crippen LogP contribution in [0.4, 0.5) is 5.69 Å². The molecule has 1 heterocycles. The maximum atomic E-state index is 3.69. The zero-order valence-electron chi connectivity index (χ0n) is 10.7. The van der Waals surface area contributed by atoms with Crippen molar-refractivity contribution >= 4 is 5.69 Å². The maximum absolute atomic E-state index is 3.69. The first kappa shape index (κ1) is 11.1. The average Bonchev–Trinajstić information content (AvgIpc) is 3.11. The molecular formula is C15H22N2.